The number of ether oxygens (including phenoxy) is 1. The Morgan fingerprint density at radius 2 is 1.59 bits per heavy atom. The predicted molar refractivity (Wildman–Crippen MR) is 128 cm³/mol. The van der Waals surface area contributed by atoms with E-state index in [4.69, 9.17) is 16.3 Å². The number of imide groups is 1. The molecule has 5 nitrogen and oxygen atoms in total. The minimum Gasteiger partial charge on any atom is -0.497 e. The molecule has 162 valence electrons. The van der Waals surface area contributed by atoms with E-state index in [1.165, 1.54) is 4.90 Å². The third-order valence-electron chi connectivity index (χ3n) is 5.74. The van der Waals surface area contributed by atoms with E-state index in [9.17, 15) is 9.59 Å². The number of nitrogens with one attached hydrogen (secondary N) is 1. The van der Waals surface area contributed by atoms with Gasteiger partial charge in [0.05, 0.1) is 18.4 Å². The number of aryl methyl sites for hydroxylation is 2. The lowest BCUT2D eigenvalue weighted by Crippen LogP contribution is -2.33. The summed E-state index contributed by atoms with van der Waals surface area (Å²) in [5.41, 5.74) is 5.17. The van der Waals surface area contributed by atoms with Gasteiger partial charge in [0.1, 0.15) is 11.4 Å². The molecule has 1 aliphatic rings. The van der Waals surface area contributed by atoms with Crippen molar-refractivity contribution in [1.29, 1.82) is 0 Å². The summed E-state index contributed by atoms with van der Waals surface area (Å²) in [7, 11) is 1.58. The van der Waals surface area contributed by atoms with Crippen LogP contribution in [0.25, 0.3) is 5.57 Å². The third-order valence-corrected chi connectivity index (χ3v) is 5.97. The topological polar surface area (TPSA) is 58.6 Å². The quantitative estimate of drug-likeness (QED) is 0.513. The molecule has 6 heteroatoms. The summed E-state index contributed by atoms with van der Waals surface area (Å²) < 4.78 is 5.24. The van der Waals surface area contributed by atoms with Crippen molar-refractivity contribution in [2.75, 3.05) is 17.3 Å². The van der Waals surface area contributed by atoms with Crippen LogP contribution in [0.4, 0.5) is 11.4 Å². The van der Waals surface area contributed by atoms with Crippen molar-refractivity contribution >= 4 is 40.4 Å². The highest BCUT2D eigenvalue weighted by Crippen LogP contribution is 2.36. The summed E-state index contributed by atoms with van der Waals surface area (Å²) >= 11 is 6.18. The molecule has 0 bridgehead atoms. The van der Waals surface area contributed by atoms with Gasteiger partial charge in [0.15, 0.2) is 0 Å². The normalized spacial score (nSPS) is 13.7. The molecule has 0 radical (unpaired) electrons. The molecular formula is C26H23ClN2O3. The second-order valence-electron chi connectivity index (χ2n) is 7.73. The fraction of sp³-hybridized carbons (Fsp3) is 0.154. The highest BCUT2D eigenvalue weighted by atomic mass is 35.5. The van der Waals surface area contributed by atoms with E-state index in [1.807, 2.05) is 39.0 Å². The smallest absolute Gasteiger partial charge is 0.282 e. The molecule has 0 aliphatic carbocycles. The number of carbonyl (C=O) groups is 2. The van der Waals surface area contributed by atoms with Crippen LogP contribution in [0.2, 0.25) is 5.02 Å². The van der Waals surface area contributed by atoms with Crippen molar-refractivity contribution < 1.29 is 14.3 Å². The highest BCUT2D eigenvalue weighted by molar-refractivity contribution is 6.46. The van der Waals surface area contributed by atoms with E-state index < -0.39 is 5.91 Å². The molecule has 0 spiro atoms. The molecule has 1 aliphatic heterocycles. The molecule has 0 saturated heterocycles. The third kappa shape index (κ3) is 3.76. The standard InChI is InChI=1S/C26H23ClN2O3/c1-15-6-5-7-22(17(15)3)29-25(30)23(18-9-12-20(32-4)13-10-18)24(26(29)31)28-21-14-19(27)11-8-16(21)2/h5-14,28H,1-4H3. The summed E-state index contributed by atoms with van der Waals surface area (Å²) in [6, 6.07) is 18.1. The zero-order valence-corrected chi connectivity index (χ0v) is 19.1. The van der Waals surface area contributed by atoms with E-state index in [1.54, 1.807) is 49.6 Å². The number of halogens is 1. The molecule has 0 fully saturated rings. The maximum atomic E-state index is 13.6. The van der Waals surface area contributed by atoms with Gasteiger partial charge in [-0.05, 0) is 73.4 Å². The average molecular weight is 447 g/mol. The summed E-state index contributed by atoms with van der Waals surface area (Å²) in [5.74, 6) is -0.123. The zero-order valence-electron chi connectivity index (χ0n) is 18.3. The molecule has 0 atom stereocenters. The molecule has 0 saturated carbocycles. The van der Waals surface area contributed by atoms with Gasteiger partial charge in [0.2, 0.25) is 0 Å². The van der Waals surface area contributed by atoms with E-state index in [2.05, 4.69) is 5.32 Å². The second-order valence-corrected chi connectivity index (χ2v) is 8.16. The van der Waals surface area contributed by atoms with Gasteiger partial charge in [-0.3, -0.25) is 9.59 Å². The molecule has 3 aromatic carbocycles. The van der Waals surface area contributed by atoms with Crippen LogP contribution in [-0.4, -0.2) is 18.9 Å². The number of nitrogens with zero attached hydrogens (tertiary/aromatic N) is 1. The molecule has 2 amide bonds. The van der Waals surface area contributed by atoms with Gasteiger partial charge in [0.25, 0.3) is 11.8 Å². The summed E-state index contributed by atoms with van der Waals surface area (Å²) in [6.45, 7) is 5.77. The van der Waals surface area contributed by atoms with Gasteiger partial charge < -0.3 is 10.1 Å². The first-order valence-corrected chi connectivity index (χ1v) is 10.6. The minimum atomic E-state index is -0.408. The Labute approximate surface area is 192 Å². The number of amides is 2. The van der Waals surface area contributed by atoms with Crippen LogP contribution in [0, 0.1) is 20.8 Å². The number of benzene rings is 3. The van der Waals surface area contributed by atoms with Crippen LogP contribution >= 0.6 is 11.6 Å². The molecule has 3 aromatic rings. The van der Waals surface area contributed by atoms with Gasteiger partial charge in [0, 0.05) is 10.7 Å². The number of methoxy groups -OCH3 is 1. The van der Waals surface area contributed by atoms with E-state index in [0.717, 1.165) is 16.7 Å². The van der Waals surface area contributed by atoms with Crippen molar-refractivity contribution in [3.63, 3.8) is 0 Å². The Hall–Kier alpha value is -3.57. The maximum Gasteiger partial charge on any atom is 0.282 e. The van der Waals surface area contributed by atoms with Crippen LogP contribution in [0.5, 0.6) is 5.75 Å². The lowest BCUT2D eigenvalue weighted by molar-refractivity contribution is -0.120. The first kappa shape index (κ1) is 21.7. The fourth-order valence-corrected chi connectivity index (χ4v) is 3.90. The maximum absolute atomic E-state index is 13.6. The number of hydrogen-bond donors (Lipinski definition) is 1. The first-order chi connectivity index (χ1) is 15.3. The average Bonchev–Trinajstić information content (AvgIpc) is 3.02. The van der Waals surface area contributed by atoms with Gasteiger partial charge in [-0.2, -0.15) is 0 Å². The molecule has 1 heterocycles. The van der Waals surface area contributed by atoms with Crippen LogP contribution < -0.4 is 15.0 Å². The van der Waals surface area contributed by atoms with Gasteiger partial charge in [-0.15, -0.1) is 0 Å². The molecule has 4 rings (SSSR count). The monoisotopic (exact) mass is 446 g/mol. The Balaban J connectivity index is 1.87. The molecule has 0 unspecified atom stereocenters. The molecular weight excluding hydrogens is 424 g/mol. The molecule has 32 heavy (non-hydrogen) atoms. The van der Waals surface area contributed by atoms with E-state index in [-0.39, 0.29) is 11.6 Å². The van der Waals surface area contributed by atoms with Crippen LogP contribution in [0.15, 0.2) is 66.4 Å². The van der Waals surface area contributed by atoms with Gasteiger partial charge in [-0.25, -0.2) is 4.90 Å². The lowest BCUT2D eigenvalue weighted by atomic mass is 10.0. The van der Waals surface area contributed by atoms with E-state index >= 15 is 0 Å². The highest BCUT2D eigenvalue weighted by Gasteiger charge is 2.41. The van der Waals surface area contributed by atoms with Crippen molar-refractivity contribution in [3.8, 4) is 5.75 Å². The van der Waals surface area contributed by atoms with Crippen molar-refractivity contribution in [3.05, 3.63) is 93.6 Å². The lowest BCUT2D eigenvalue weighted by Gasteiger charge is -2.19. The minimum absolute atomic E-state index is 0.214. The van der Waals surface area contributed by atoms with Crippen LogP contribution in [0.1, 0.15) is 22.3 Å². The zero-order chi connectivity index (χ0) is 23.0. The Morgan fingerprint density at radius 3 is 2.28 bits per heavy atom. The Morgan fingerprint density at radius 1 is 0.875 bits per heavy atom. The first-order valence-electron chi connectivity index (χ1n) is 10.2. The molecule has 1 N–H and O–H groups in total. The summed E-state index contributed by atoms with van der Waals surface area (Å²) in [4.78, 5) is 28.5. The predicted octanol–water partition coefficient (Wildman–Crippen LogP) is 5.67. The number of carbonyl (C=O) groups excluding carboxylic acids is 2. The van der Waals surface area contributed by atoms with Crippen molar-refractivity contribution in [2.45, 2.75) is 20.8 Å². The summed E-state index contributed by atoms with van der Waals surface area (Å²) in [6.07, 6.45) is 0. The number of rotatable bonds is 5. The SMILES string of the molecule is COc1ccc(C2=C(Nc3cc(Cl)ccc3C)C(=O)N(c3cccc(C)c3C)C2=O)cc1. The number of hydrogen-bond acceptors (Lipinski definition) is 4. The molecule has 0 aromatic heterocycles. The van der Waals surface area contributed by atoms with Crippen LogP contribution in [-0.2, 0) is 9.59 Å². The van der Waals surface area contributed by atoms with Gasteiger partial charge >= 0.3 is 0 Å². The second kappa shape index (κ2) is 8.52. The van der Waals surface area contributed by atoms with Crippen molar-refractivity contribution in [1.82, 2.24) is 0 Å². The largest absolute Gasteiger partial charge is 0.497 e. The van der Waals surface area contributed by atoms with Crippen LogP contribution in [0.3, 0.4) is 0 Å². The van der Waals surface area contributed by atoms with Crippen molar-refractivity contribution in [2.24, 2.45) is 0 Å². The summed E-state index contributed by atoms with van der Waals surface area (Å²) in [5, 5.41) is 3.73. The Kier molecular flexibility index (Phi) is 5.76. The Bertz CT molecular complexity index is 1260. The number of anilines is 2. The van der Waals surface area contributed by atoms with Gasteiger partial charge in [-0.1, -0.05) is 41.9 Å². The fourth-order valence-electron chi connectivity index (χ4n) is 3.73. The van der Waals surface area contributed by atoms with E-state index in [0.29, 0.717) is 33.3 Å².